The molecule has 0 bridgehead atoms. The SMILES string of the molecule is O=C(CC1CN(CCc2ccccc2)C1)c1cc(C2CC2)on1. The highest BCUT2D eigenvalue weighted by atomic mass is 16.5. The zero-order valence-corrected chi connectivity index (χ0v) is 13.3. The number of likely N-dealkylation sites (tertiary alicyclic amines) is 1. The maximum absolute atomic E-state index is 12.2. The van der Waals surface area contributed by atoms with E-state index >= 15 is 0 Å². The van der Waals surface area contributed by atoms with Crippen molar-refractivity contribution in [2.24, 2.45) is 5.92 Å². The van der Waals surface area contributed by atoms with Crippen molar-refractivity contribution in [1.29, 1.82) is 0 Å². The summed E-state index contributed by atoms with van der Waals surface area (Å²) in [5.41, 5.74) is 1.90. The fourth-order valence-corrected chi connectivity index (χ4v) is 3.27. The van der Waals surface area contributed by atoms with E-state index in [2.05, 4.69) is 34.3 Å². The molecule has 1 aromatic heterocycles. The monoisotopic (exact) mass is 310 g/mol. The lowest BCUT2D eigenvalue weighted by molar-refractivity contribution is 0.0741. The Morgan fingerprint density at radius 2 is 2.00 bits per heavy atom. The molecule has 0 N–H and O–H groups in total. The quantitative estimate of drug-likeness (QED) is 0.736. The molecule has 4 heteroatoms. The lowest BCUT2D eigenvalue weighted by Crippen LogP contribution is -2.48. The first-order valence-electron chi connectivity index (χ1n) is 8.54. The Morgan fingerprint density at radius 3 is 2.74 bits per heavy atom. The highest BCUT2D eigenvalue weighted by molar-refractivity contribution is 5.94. The maximum Gasteiger partial charge on any atom is 0.185 e. The van der Waals surface area contributed by atoms with Gasteiger partial charge in [-0.2, -0.15) is 0 Å². The average Bonchev–Trinajstić information content (AvgIpc) is 3.27. The first-order valence-corrected chi connectivity index (χ1v) is 8.54. The van der Waals surface area contributed by atoms with Crippen LogP contribution in [0.2, 0.25) is 0 Å². The van der Waals surface area contributed by atoms with Gasteiger partial charge in [0.2, 0.25) is 0 Å². The van der Waals surface area contributed by atoms with Crippen molar-refractivity contribution >= 4 is 5.78 Å². The number of benzene rings is 1. The third-order valence-corrected chi connectivity index (χ3v) is 4.86. The van der Waals surface area contributed by atoms with E-state index in [9.17, 15) is 4.79 Å². The molecule has 2 aromatic rings. The number of carbonyl (C=O) groups excluding carboxylic acids is 1. The van der Waals surface area contributed by atoms with Gasteiger partial charge in [-0.05, 0) is 30.7 Å². The second kappa shape index (κ2) is 6.28. The summed E-state index contributed by atoms with van der Waals surface area (Å²) < 4.78 is 5.27. The van der Waals surface area contributed by atoms with Crippen LogP contribution in [0.3, 0.4) is 0 Å². The topological polar surface area (TPSA) is 46.3 Å². The summed E-state index contributed by atoms with van der Waals surface area (Å²) in [6.07, 6.45) is 4.01. The Kier molecular flexibility index (Phi) is 4.00. The Balaban J connectivity index is 1.20. The van der Waals surface area contributed by atoms with E-state index in [-0.39, 0.29) is 5.78 Å². The minimum absolute atomic E-state index is 0.133. The molecule has 4 rings (SSSR count). The average molecular weight is 310 g/mol. The molecular formula is C19H22N2O2. The maximum atomic E-state index is 12.2. The third-order valence-electron chi connectivity index (χ3n) is 4.86. The summed E-state index contributed by atoms with van der Waals surface area (Å²) in [4.78, 5) is 14.7. The van der Waals surface area contributed by atoms with Crippen LogP contribution in [0.25, 0.3) is 0 Å². The first-order chi connectivity index (χ1) is 11.3. The van der Waals surface area contributed by atoms with Crippen LogP contribution in [0.4, 0.5) is 0 Å². The van der Waals surface area contributed by atoms with Crippen molar-refractivity contribution in [1.82, 2.24) is 10.1 Å². The fourth-order valence-electron chi connectivity index (χ4n) is 3.27. The molecule has 0 atom stereocenters. The smallest absolute Gasteiger partial charge is 0.185 e. The normalized spacial score (nSPS) is 18.8. The van der Waals surface area contributed by atoms with Gasteiger partial charge in [-0.1, -0.05) is 35.5 Å². The van der Waals surface area contributed by atoms with Crippen LogP contribution in [0.15, 0.2) is 40.9 Å². The zero-order chi connectivity index (χ0) is 15.6. The van der Waals surface area contributed by atoms with Crippen LogP contribution in [-0.2, 0) is 6.42 Å². The highest BCUT2D eigenvalue weighted by Gasteiger charge is 2.31. The third kappa shape index (κ3) is 3.53. The van der Waals surface area contributed by atoms with Gasteiger partial charge >= 0.3 is 0 Å². The molecule has 1 saturated heterocycles. The number of ketones is 1. The van der Waals surface area contributed by atoms with Gasteiger partial charge in [-0.25, -0.2) is 0 Å². The summed E-state index contributed by atoms with van der Waals surface area (Å²) >= 11 is 0. The van der Waals surface area contributed by atoms with Gasteiger partial charge in [0.25, 0.3) is 0 Å². The molecule has 0 radical (unpaired) electrons. The molecule has 2 aliphatic rings. The van der Waals surface area contributed by atoms with Gasteiger partial charge < -0.3 is 9.42 Å². The number of hydrogen-bond donors (Lipinski definition) is 0. The molecule has 120 valence electrons. The molecule has 23 heavy (non-hydrogen) atoms. The molecular weight excluding hydrogens is 288 g/mol. The number of hydrogen-bond acceptors (Lipinski definition) is 4. The fraction of sp³-hybridized carbons (Fsp3) is 0.474. The second-order valence-electron chi connectivity index (χ2n) is 6.88. The van der Waals surface area contributed by atoms with E-state index < -0.39 is 0 Å². The van der Waals surface area contributed by atoms with Gasteiger partial charge in [0.05, 0.1) is 0 Å². The standard InChI is InChI=1S/C19H22N2O2/c22-18(17-11-19(23-20-17)16-6-7-16)10-15-12-21(13-15)9-8-14-4-2-1-3-5-14/h1-5,11,15-16H,6-10,12-13H2. The van der Waals surface area contributed by atoms with Crippen LogP contribution < -0.4 is 0 Å². The molecule has 1 aliphatic carbocycles. The highest BCUT2D eigenvalue weighted by Crippen LogP contribution is 2.40. The van der Waals surface area contributed by atoms with E-state index in [1.165, 1.54) is 18.4 Å². The summed E-state index contributed by atoms with van der Waals surface area (Å²) in [5.74, 6) is 2.01. The number of carbonyl (C=O) groups is 1. The Labute approximate surface area is 136 Å². The lowest BCUT2D eigenvalue weighted by Gasteiger charge is -2.39. The van der Waals surface area contributed by atoms with Crippen molar-refractivity contribution in [3.05, 3.63) is 53.4 Å². The lowest BCUT2D eigenvalue weighted by atomic mass is 9.92. The number of aromatic nitrogens is 1. The van der Waals surface area contributed by atoms with Crippen molar-refractivity contribution in [2.45, 2.75) is 31.6 Å². The second-order valence-corrected chi connectivity index (χ2v) is 6.88. The first kappa shape index (κ1) is 14.6. The van der Waals surface area contributed by atoms with E-state index in [0.717, 1.165) is 31.8 Å². The van der Waals surface area contributed by atoms with E-state index in [1.807, 2.05) is 12.1 Å². The Morgan fingerprint density at radius 1 is 1.22 bits per heavy atom. The predicted molar refractivity (Wildman–Crippen MR) is 87.5 cm³/mol. The number of rotatable bonds is 7. The van der Waals surface area contributed by atoms with Crippen LogP contribution in [-0.4, -0.2) is 35.5 Å². The molecule has 2 fully saturated rings. The van der Waals surface area contributed by atoms with E-state index in [4.69, 9.17) is 4.52 Å². The number of Topliss-reactive ketones (excluding diaryl/α,β-unsaturated/α-hetero) is 1. The predicted octanol–water partition coefficient (Wildman–Crippen LogP) is 3.30. The summed E-state index contributed by atoms with van der Waals surface area (Å²) in [5, 5.41) is 3.95. The largest absolute Gasteiger partial charge is 0.360 e. The molecule has 0 amide bonds. The van der Waals surface area contributed by atoms with Gasteiger partial charge in [0.1, 0.15) is 11.5 Å². The van der Waals surface area contributed by atoms with Gasteiger partial charge in [-0.15, -0.1) is 0 Å². The summed E-state index contributed by atoms with van der Waals surface area (Å²) in [7, 11) is 0. The Bertz CT molecular complexity index is 670. The molecule has 1 saturated carbocycles. The van der Waals surface area contributed by atoms with Crippen molar-refractivity contribution in [2.75, 3.05) is 19.6 Å². The van der Waals surface area contributed by atoms with Crippen LogP contribution >= 0.6 is 0 Å². The van der Waals surface area contributed by atoms with E-state index in [1.54, 1.807) is 0 Å². The number of nitrogens with zero attached hydrogens (tertiary/aromatic N) is 2. The van der Waals surface area contributed by atoms with E-state index in [0.29, 0.717) is 24.0 Å². The van der Waals surface area contributed by atoms with Crippen molar-refractivity contribution in [3.63, 3.8) is 0 Å². The van der Waals surface area contributed by atoms with Gasteiger partial charge in [0.15, 0.2) is 5.78 Å². The summed E-state index contributed by atoms with van der Waals surface area (Å²) in [6.45, 7) is 3.11. The van der Waals surface area contributed by atoms with Crippen LogP contribution in [0.1, 0.15) is 47.0 Å². The van der Waals surface area contributed by atoms with Gasteiger partial charge in [-0.3, -0.25) is 4.79 Å². The molecule has 1 aliphatic heterocycles. The summed E-state index contributed by atoms with van der Waals surface area (Å²) in [6, 6.07) is 12.4. The minimum Gasteiger partial charge on any atom is -0.360 e. The Hall–Kier alpha value is -1.94. The minimum atomic E-state index is 0.133. The molecule has 4 nitrogen and oxygen atoms in total. The molecule has 0 unspecified atom stereocenters. The molecule has 0 spiro atoms. The van der Waals surface area contributed by atoms with Crippen LogP contribution in [0.5, 0.6) is 0 Å². The van der Waals surface area contributed by atoms with Crippen molar-refractivity contribution < 1.29 is 9.32 Å². The van der Waals surface area contributed by atoms with Gasteiger partial charge in [0, 0.05) is 38.0 Å². The van der Waals surface area contributed by atoms with Crippen LogP contribution in [0, 0.1) is 5.92 Å². The molecule has 1 aromatic carbocycles. The van der Waals surface area contributed by atoms with Crippen molar-refractivity contribution in [3.8, 4) is 0 Å². The molecule has 2 heterocycles. The zero-order valence-electron chi connectivity index (χ0n) is 13.3.